The summed E-state index contributed by atoms with van der Waals surface area (Å²) in [7, 11) is 1.55. The van der Waals surface area contributed by atoms with E-state index in [9.17, 15) is 9.59 Å². The molecule has 2 N–H and O–H groups in total. The molecule has 0 aromatic heterocycles. The third kappa shape index (κ3) is 4.84. The van der Waals surface area contributed by atoms with Crippen molar-refractivity contribution in [3.8, 4) is 0 Å². The van der Waals surface area contributed by atoms with E-state index >= 15 is 0 Å². The Hall–Kier alpha value is -1.88. The predicted molar refractivity (Wildman–Crippen MR) is 83.9 cm³/mol. The molecule has 22 heavy (non-hydrogen) atoms. The van der Waals surface area contributed by atoms with Crippen molar-refractivity contribution >= 4 is 17.6 Å². The first-order valence-electron chi connectivity index (χ1n) is 7.74. The number of hydrogen-bond donors (Lipinski definition) is 2. The van der Waals surface area contributed by atoms with E-state index in [0.29, 0.717) is 24.6 Å². The topological polar surface area (TPSA) is 75.6 Å². The molecule has 1 aromatic rings. The molecule has 120 valence electrons. The first-order chi connectivity index (χ1) is 10.6. The predicted octanol–water partition coefficient (Wildman–Crippen LogP) is 3.44. The fourth-order valence-electron chi connectivity index (χ4n) is 3.00. The number of carboxylic acids is 1. The number of anilines is 1. The van der Waals surface area contributed by atoms with Gasteiger partial charge in [0.1, 0.15) is 0 Å². The van der Waals surface area contributed by atoms with Gasteiger partial charge in [-0.2, -0.15) is 0 Å². The van der Waals surface area contributed by atoms with Gasteiger partial charge in [0.05, 0.1) is 12.2 Å². The molecule has 5 heteroatoms. The summed E-state index contributed by atoms with van der Waals surface area (Å²) >= 11 is 0. The minimum atomic E-state index is -1.01. The molecule has 1 aromatic carbocycles. The molecule has 0 heterocycles. The first-order valence-corrected chi connectivity index (χ1v) is 7.74. The van der Waals surface area contributed by atoms with Crippen LogP contribution < -0.4 is 5.32 Å². The lowest BCUT2D eigenvalue weighted by Crippen LogP contribution is -2.18. The number of ether oxygens (including phenoxy) is 1. The van der Waals surface area contributed by atoms with Gasteiger partial charge < -0.3 is 15.2 Å². The third-order valence-electron chi connectivity index (χ3n) is 4.03. The summed E-state index contributed by atoms with van der Waals surface area (Å²) in [6.45, 7) is 0.312. The summed E-state index contributed by atoms with van der Waals surface area (Å²) in [5.74, 6) is -0.603. The molecule has 1 aliphatic carbocycles. The Bertz CT molecular complexity index is 535. The largest absolute Gasteiger partial charge is 0.478 e. The second-order valence-corrected chi connectivity index (χ2v) is 5.91. The molecule has 1 saturated carbocycles. The molecule has 0 unspecified atom stereocenters. The summed E-state index contributed by atoms with van der Waals surface area (Å²) in [6, 6.07) is 4.80. The van der Waals surface area contributed by atoms with E-state index in [1.807, 2.05) is 0 Å². The third-order valence-corrected chi connectivity index (χ3v) is 4.03. The van der Waals surface area contributed by atoms with E-state index in [1.54, 1.807) is 19.2 Å². The van der Waals surface area contributed by atoms with Crippen LogP contribution in [0.4, 0.5) is 5.69 Å². The number of carbonyl (C=O) groups excluding carboxylic acids is 1. The van der Waals surface area contributed by atoms with E-state index in [1.165, 1.54) is 25.3 Å². The van der Waals surface area contributed by atoms with Crippen molar-refractivity contribution in [3.63, 3.8) is 0 Å². The van der Waals surface area contributed by atoms with Gasteiger partial charge in [-0.25, -0.2) is 4.79 Å². The van der Waals surface area contributed by atoms with Crippen LogP contribution in [0.25, 0.3) is 0 Å². The molecule has 1 aliphatic rings. The van der Waals surface area contributed by atoms with Crippen molar-refractivity contribution in [1.82, 2.24) is 0 Å². The minimum absolute atomic E-state index is 0.0437. The molecule has 0 radical (unpaired) electrons. The first kappa shape index (κ1) is 16.5. The van der Waals surface area contributed by atoms with Crippen molar-refractivity contribution in [2.24, 2.45) is 5.92 Å². The highest BCUT2D eigenvalue weighted by Crippen LogP contribution is 2.26. The second-order valence-electron chi connectivity index (χ2n) is 5.91. The lowest BCUT2D eigenvalue weighted by molar-refractivity contribution is -0.117. The number of amides is 1. The number of methoxy groups -OCH3 is 1. The van der Waals surface area contributed by atoms with E-state index in [2.05, 4.69) is 5.32 Å². The summed E-state index contributed by atoms with van der Waals surface area (Å²) in [6.07, 6.45) is 6.39. The highest BCUT2D eigenvalue weighted by Gasteiger charge is 2.17. The van der Waals surface area contributed by atoms with Gasteiger partial charge in [-0.3, -0.25) is 4.79 Å². The zero-order valence-corrected chi connectivity index (χ0v) is 12.9. The number of benzene rings is 1. The summed E-state index contributed by atoms with van der Waals surface area (Å²) < 4.78 is 5.04. The van der Waals surface area contributed by atoms with Gasteiger partial charge in [0.25, 0.3) is 0 Å². The van der Waals surface area contributed by atoms with Crippen LogP contribution in [0.5, 0.6) is 0 Å². The van der Waals surface area contributed by atoms with Gasteiger partial charge in [-0.05, 0) is 42.5 Å². The summed E-state index contributed by atoms with van der Waals surface area (Å²) in [5.41, 5.74) is 1.41. The Balaban J connectivity index is 2.03. The SMILES string of the molecule is COCc1cc(NC(=O)CC2CCCCC2)cc(C(=O)O)c1. The van der Waals surface area contributed by atoms with E-state index in [0.717, 1.165) is 18.4 Å². The fourth-order valence-corrected chi connectivity index (χ4v) is 3.00. The Morgan fingerprint density at radius 1 is 1.23 bits per heavy atom. The lowest BCUT2D eigenvalue weighted by Gasteiger charge is -2.21. The van der Waals surface area contributed by atoms with E-state index in [4.69, 9.17) is 9.84 Å². The quantitative estimate of drug-likeness (QED) is 0.844. The number of aromatic carboxylic acids is 1. The van der Waals surface area contributed by atoms with Crippen molar-refractivity contribution in [2.45, 2.75) is 45.1 Å². The molecule has 0 bridgehead atoms. The minimum Gasteiger partial charge on any atom is -0.478 e. The van der Waals surface area contributed by atoms with Crippen LogP contribution in [0.15, 0.2) is 18.2 Å². The zero-order chi connectivity index (χ0) is 15.9. The normalized spacial score (nSPS) is 15.5. The molecule has 1 amide bonds. The van der Waals surface area contributed by atoms with Crippen LogP contribution in [0, 0.1) is 5.92 Å². The van der Waals surface area contributed by atoms with Crippen molar-refractivity contribution in [2.75, 3.05) is 12.4 Å². The number of nitrogens with one attached hydrogen (secondary N) is 1. The number of carboxylic acid groups (broad SMARTS) is 1. The van der Waals surface area contributed by atoms with E-state index < -0.39 is 5.97 Å². The number of hydrogen-bond acceptors (Lipinski definition) is 3. The number of rotatable bonds is 6. The Morgan fingerprint density at radius 2 is 1.95 bits per heavy atom. The number of carbonyl (C=O) groups is 2. The fraction of sp³-hybridized carbons (Fsp3) is 0.529. The molecule has 1 fully saturated rings. The van der Waals surface area contributed by atoms with Crippen LogP contribution in [-0.4, -0.2) is 24.1 Å². The van der Waals surface area contributed by atoms with Crippen LogP contribution in [0.3, 0.4) is 0 Å². The summed E-state index contributed by atoms with van der Waals surface area (Å²) in [5, 5.41) is 12.0. The van der Waals surface area contributed by atoms with Crippen LogP contribution in [0.2, 0.25) is 0 Å². The monoisotopic (exact) mass is 305 g/mol. The maximum atomic E-state index is 12.1. The highest BCUT2D eigenvalue weighted by atomic mass is 16.5. The van der Waals surface area contributed by atoms with Crippen molar-refractivity contribution in [1.29, 1.82) is 0 Å². The van der Waals surface area contributed by atoms with Gasteiger partial charge in [0.15, 0.2) is 0 Å². The van der Waals surface area contributed by atoms with E-state index in [-0.39, 0.29) is 11.5 Å². The van der Waals surface area contributed by atoms with Crippen LogP contribution in [-0.2, 0) is 16.1 Å². The Kier molecular flexibility index (Phi) is 5.95. The highest BCUT2D eigenvalue weighted by molar-refractivity contribution is 5.94. The maximum Gasteiger partial charge on any atom is 0.335 e. The van der Waals surface area contributed by atoms with Crippen LogP contribution >= 0.6 is 0 Å². The smallest absolute Gasteiger partial charge is 0.335 e. The van der Waals surface area contributed by atoms with Gasteiger partial charge >= 0.3 is 5.97 Å². The zero-order valence-electron chi connectivity index (χ0n) is 12.9. The second kappa shape index (κ2) is 7.94. The molecule has 0 saturated heterocycles. The molecule has 2 rings (SSSR count). The molecule has 5 nitrogen and oxygen atoms in total. The standard InChI is InChI=1S/C17H23NO4/c1-22-11-13-7-14(17(20)21)10-15(8-13)18-16(19)9-12-5-3-2-4-6-12/h7-8,10,12H,2-6,9,11H2,1H3,(H,18,19)(H,20,21). The maximum absolute atomic E-state index is 12.1. The Morgan fingerprint density at radius 3 is 2.59 bits per heavy atom. The lowest BCUT2D eigenvalue weighted by atomic mass is 9.87. The molecular formula is C17H23NO4. The van der Waals surface area contributed by atoms with Gasteiger partial charge in [-0.15, -0.1) is 0 Å². The molecule has 0 spiro atoms. The molecule has 0 atom stereocenters. The van der Waals surface area contributed by atoms with Gasteiger partial charge in [0, 0.05) is 19.2 Å². The van der Waals surface area contributed by atoms with Gasteiger partial charge in [-0.1, -0.05) is 19.3 Å². The van der Waals surface area contributed by atoms with Crippen molar-refractivity contribution < 1.29 is 19.4 Å². The molecule has 0 aliphatic heterocycles. The van der Waals surface area contributed by atoms with Crippen molar-refractivity contribution in [3.05, 3.63) is 29.3 Å². The van der Waals surface area contributed by atoms with Gasteiger partial charge in [0.2, 0.25) is 5.91 Å². The Labute approximate surface area is 130 Å². The van der Waals surface area contributed by atoms with Crippen LogP contribution in [0.1, 0.15) is 54.4 Å². The summed E-state index contributed by atoms with van der Waals surface area (Å²) in [4.78, 5) is 23.3. The molecular weight excluding hydrogens is 282 g/mol. The average Bonchev–Trinajstić information content (AvgIpc) is 2.48. The average molecular weight is 305 g/mol.